The zero-order valence-corrected chi connectivity index (χ0v) is 15.3. The first-order valence-electron chi connectivity index (χ1n) is 8.54. The summed E-state index contributed by atoms with van der Waals surface area (Å²) >= 11 is 6.11. The highest BCUT2D eigenvalue weighted by Crippen LogP contribution is 2.45. The minimum absolute atomic E-state index is 0.0468. The monoisotopic (exact) mass is 372 g/mol. The summed E-state index contributed by atoms with van der Waals surface area (Å²) < 4.78 is 5.43. The molecule has 1 fully saturated rings. The minimum atomic E-state index is -0.538. The number of benzene rings is 2. The highest BCUT2D eigenvalue weighted by Gasteiger charge is 2.45. The molecule has 5 nitrogen and oxygen atoms in total. The average Bonchev–Trinajstić information content (AvgIpc) is 2.59. The van der Waals surface area contributed by atoms with Gasteiger partial charge in [-0.1, -0.05) is 36.2 Å². The van der Waals surface area contributed by atoms with Crippen LogP contribution in [0.3, 0.4) is 0 Å². The molecule has 0 heterocycles. The van der Waals surface area contributed by atoms with E-state index in [0.717, 1.165) is 24.8 Å². The second-order valence-electron chi connectivity index (χ2n) is 6.39. The number of amides is 2. The van der Waals surface area contributed by atoms with Crippen molar-refractivity contribution in [3.8, 4) is 5.75 Å². The third-order valence-electron chi connectivity index (χ3n) is 4.76. The van der Waals surface area contributed by atoms with E-state index in [-0.39, 0.29) is 18.4 Å². The van der Waals surface area contributed by atoms with Gasteiger partial charge < -0.3 is 15.4 Å². The van der Waals surface area contributed by atoms with E-state index in [4.69, 9.17) is 16.3 Å². The third kappa shape index (κ3) is 3.83. The van der Waals surface area contributed by atoms with Crippen LogP contribution < -0.4 is 15.4 Å². The molecular weight excluding hydrogens is 352 g/mol. The Morgan fingerprint density at radius 2 is 1.92 bits per heavy atom. The second-order valence-corrected chi connectivity index (χ2v) is 6.83. The number of nitrogens with one attached hydrogen (secondary N) is 2. The molecule has 2 N–H and O–H groups in total. The van der Waals surface area contributed by atoms with Gasteiger partial charge in [0.05, 0.1) is 5.41 Å². The number of carbonyl (C=O) groups excluding carboxylic acids is 2. The fourth-order valence-corrected chi connectivity index (χ4v) is 3.29. The van der Waals surface area contributed by atoms with Gasteiger partial charge in [-0.2, -0.15) is 0 Å². The molecule has 0 saturated heterocycles. The largest absolute Gasteiger partial charge is 0.484 e. The lowest BCUT2D eigenvalue weighted by atomic mass is 9.64. The average molecular weight is 373 g/mol. The molecule has 2 aromatic carbocycles. The van der Waals surface area contributed by atoms with Gasteiger partial charge in [-0.3, -0.25) is 9.59 Å². The van der Waals surface area contributed by atoms with Crippen molar-refractivity contribution < 1.29 is 14.3 Å². The van der Waals surface area contributed by atoms with Crippen molar-refractivity contribution in [2.24, 2.45) is 0 Å². The van der Waals surface area contributed by atoms with Crippen LogP contribution >= 0.6 is 11.6 Å². The standard InChI is InChI=1S/C20H21ClN2O3/c1-22-18(24)13-26-17-8-3-7-16(12-17)23-19(25)20(9-4-10-20)14-5-2-6-15(21)11-14/h2-3,5-8,11-12H,4,9-10,13H2,1H3,(H,22,24)(H,23,25). The number of likely N-dealkylation sites (N-methyl/N-ethyl adjacent to an activating group) is 1. The summed E-state index contributed by atoms with van der Waals surface area (Å²) in [6.07, 6.45) is 2.60. The summed E-state index contributed by atoms with van der Waals surface area (Å²) in [6, 6.07) is 14.5. The van der Waals surface area contributed by atoms with Gasteiger partial charge in [0.2, 0.25) is 5.91 Å². The first-order chi connectivity index (χ1) is 12.5. The molecule has 0 atom stereocenters. The van der Waals surface area contributed by atoms with E-state index >= 15 is 0 Å². The van der Waals surface area contributed by atoms with E-state index in [9.17, 15) is 9.59 Å². The molecule has 0 radical (unpaired) electrons. The molecule has 0 aromatic heterocycles. The Labute approximate surface area is 157 Å². The zero-order valence-electron chi connectivity index (χ0n) is 14.5. The lowest BCUT2D eigenvalue weighted by molar-refractivity contribution is -0.124. The molecule has 0 aliphatic heterocycles. The topological polar surface area (TPSA) is 67.4 Å². The Morgan fingerprint density at radius 1 is 1.15 bits per heavy atom. The van der Waals surface area contributed by atoms with Crippen molar-refractivity contribution in [2.75, 3.05) is 19.0 Å². The molecule has 1 aliphatic carbocycles. The van der Waals surface area contributed by atoms with Gasteiger partial charge in [0.15, 0.2) is 6.61 Å². The van der Waals surface area contributed by atoms with Crippen molar-refractivity contribution in [1.29, 1.82) is 0 Å². The molecule has 3 rings (SSSR count). The number of carbonyl (C=O) groups is 2. The molecule has 0 unspecified atom stereocenters. The predicted molar refractivity (Wildman–Crippen MR) is 102 cm³/mol. The van der Waals surface area contributed by atoms with E-state index in [1.807, 2.05) is 24.3 Å². The Hall–Kier alpha value is -2.53. The van der Waals surface area contributed by atoms with Gasteiger partial charge in [0, 0.05) is 23.8 Å². The second kappa shape index (κ2) is 7.79. The van der Waals surface area contributed by atoms with Crippen molar-refractivity contribution in [2.45, 2.75) is 24.7 Å². The van der Waals surface area contributed by atoms with E-state index in [1.54, 1.807) is 31.3 Å². The van der Waals surface area contributed by atoms with Gasteiger partial charge in [-0.15, -0.1) is 0 Å². The maximum absolute atomic E-state index is 13.0. The van der Waals surface area contributed by atoms with Crippen LogP contribution in [0.2, 0.25) is 5.02 Å². The lowest BCUT2D eigenvalue weighted by Gasteiger charge is -2.40. The van der Waals surface area contributed by atoms with Crippen LogP contribution in [0.4, 0.5) is 5.69 Å². The summed E-state index contributed by atoms with van der Waals surface area (Å²) in [4.78, 5) is 24.3. The summed E-state index contributed by atoms with van der Waals surface area (Å²) in [5.41, 5.74) is 1.04. The summed E-state index contributed by atoms with van der Waals surface area (Å²) in [5, 5.41) is 6.11. The van der Waals surface area contributed by atoms with Crippen LogP contribution in [0.25, 0.3) is 0 Å². The van der Waals surface area contributed by atoms with Crippen LogP contribution in [0.15, 0.2) is 48.5 Å². The number of rotatable bonds is 6. The van der Waals surface area contributed by atoms with Gasteiger partial charge in [-0.05, 0) is 42.7 Å². The van der Waals surface area contributed by atoms with Crippen LogP contribution in [0.5, 0.6) is 5.75 Å². The van der Waals surface area contributed by atoms with Gasteiger partial charge in [-0.25, -0.2) is 0 Å². The number of hydrogen-bond acceptors (Lipinski definition) is 3. The van der Waals surface area contributed by atoms with Crippen LogP contribution in [-0.2, 0) is 15.0 Å². The quantitative estimate of drug-likeness (QED) is 0.815. The molecule has 1 saturated carbocycles. The highest BCUT2D eigenvalue weighted by molar-refractivity contribution is 6.30. The predicted octanol–water partition coefficient (Wildman–Crippen LogP) is 3.53. The smallest absolute Gasteiger partial charge is 0.257 e. The first-order valence-corrected chi connectivity index (χ1v) is 8.92. The molecule has 26 heavy (non-hydrogen) atoms. The van der Waals surface area contributed by atoms with Crippen molar-refractivity contribution in [3.63, 3.8) is 0 Å². The SMILES string of the molecule is CNC(=O)COc1cccc(NC(=O)C2(c3cccc(Cl)c3)CCC2)c1. The molecule has 0 bridgehead atoms. The Balaban J connectivity index is 1.74. The fourth-order valence-electron chi connectivity index (χ4n) is 3.10. The van der Waals surface area contributed by atoms with Crippen molar-refractivity contribution in [3.05, 3.63) is 59.1 Å². The number of hydrogen-bond donors (Lipinski definition) is 2. The van der Waals surface area contributed by atoms with Crippen LogP contribution in [0, 0.1) is 0 Å². The Kier molecular flexibility index (Phi) is 5.47. The number of anilines is 1. The van der Waals surface area contributed by atoms with Gasteiger partial charge in [0.25, 0.3) is 5.91 Å². The van der Waals surface area contributed by atoms with Gasteiger partial charge >= 0.3 is 0 Å². The summed E-state index contributed by atoms with van der Waals surface area (Å²) in [5.74, 6) is 0.264. The Morgan fingerprint density at radius 3 is 2.58 bits per heavy atom. The molecule has 1 aliphatic rings. The molecule has 0 spiro atoms. The van der Waals surface area contributed by atoms with Crippen molar-refractivity contribution in [1.82, 2.24) is 5.32 Å². The highest BCUT2D eigenvalue weighted by atomic mass is 35.5. The van der Waals surface area contributed by atoms with Crippen LogP contribution in [-0.4, -0.2) is 25.5 Å². The lowest BCUT2D eigenvalue weighted by Crippen LogP contribution is -2.46. The van der Waals surface area contributed by atoms with Gasteiger partial charge in [0.1, 0.15) is 5.75 Å². The third-order valence-corrected chi connectivity index (χ3v) is 4.99. The van der Waals surface area contributed by atoms with Crippen LogP contribution in [0.1, 0.15) is 24.8 Å². The summed E-state index contributed by atoms with van der Waals surface area (Å²) in [7, 11) is 1.55. The molecule has 6 heteroatoms. The molecular formula is C20H21ClN2O3. The summed E-state index contributed by atoms with van der Waals surface area (Å²) in [6.45, 7) is -0.0691. The van der Waals surface area contributed by atoms with E-state index in [1.165, 1.54) is 0 Å². The fraction of sp³-hybridized carbons (Fsp3) is 0.300. The van der Waals surface area contributed by atoms with Crippen molar-refractivity contribution >= 4 is 29.1 Å². The van der Waals surface area contributed by atoms with E-state index in [2.05, 4.69) is 10.6 Å². The zero-order chi connectivity index (χ0) is 18.6. The Bertz CT molecular complexity index is 818. The molecule has 2 aromatic rings. The van der Waals surface area contributed by atoms with E-state index < -0.39 is 5.41 Å². The molecule has 136 valence electrons. The van der Waals surface area contributed by atoms with E-state index in [0.29, 0.717) is 16.5 Å². The minimum Gasteiger partial charge on any atom is -0.484 e. The normalized spacial score (nSPS) is 14.8. The maximum atomic E-state index is 13.0. The maximum Gasteiger partial charge on any atom is 0.257 e. The molecule has 2 amide bonds. The first kappa shape index (κ1) is 18.3. The number of ether oxygens (including phenoxy) is 1. The number of halogens is 1.